The van der Waals surface area contributed by atoms with Gasteiger partial charge in [0, 0.05) is 21.2 Å². The SMILES string of the molecule is Clc1ccc(-c2nc(SCc3nc(-c4cccc(Cl)c4)no3)n[nH]2)cc1. The van der Waals surface area contributed by atoms with E-state index in [1.54, 1.807) is 12.1 Å². The van der Waals surface area contributed by atoms with Gasteiger partial charge in [-0.2, -0.15) is 4.98 Å². The molecule has 4 aromatic rings. The molecular weight excluding hydrogens is 393 g/mol. The van der Waals surface area contributed by atoms with Gasteiger partial charge in [0.15, 0.2) is 5.82 Å². The van der Waals surface area contributed by atoms with E-state index in [0.29, 0.717) is 38.5 Å². The molecule has 2 aromatic carbocycles. The molecule has 0 saturated carbocycles. The second-order valence-corrected chi connectivity index (χ2v) is 7.10. The van der Waals surface area contributed by atoms with Gasteiger partial charge < -0.3 is 4.52 Å². The van der Waals surface area contributed by atoms with E-state index in [4.69, 9.17) is 27.7 Å². The van der Waals surface area contributed by atoms with E-state index in [-0.39, 0.29) is 0 Å². The zero-order valence-corrected chi connectivity index (χ0v) is 15.5. The van der Waals surface area contributed by atoms with Gasteiger partial charge in [-0.05, 0) is 36.4 Å². The molecule has 2 heterocycles. The molecule has 9 heteroatoms. The fourth-order valence-electron chi connectivity index (χ4n) is 2.23. The summed E-state index contributed by atoms with van der Waals surface area (Å²) in [5.74, 6) is 2.13. The number of H-pyrrole nitrogens is 1. The van der Waals surface area contributed by atoms with Crippen LogP contribution in [0.1, 0.15) is 5.89 Å². The summed E-state index contributed by atoms with van der Waals surface area (Å²) >= 11 is 13.3. The molecule has 0 radical (unpaired) electrons. The molecule has 130 valence electrons. The normalized spacial score (nSPS) is 11.0. The number of hydrogen-bond acceptors (Lipinski definition) is 6. The monoisotopic (exact) mass is 403 g/mol. The van der Waals surface area contributed by atoms with Crippen molar-refractivity contribution in [3.63, 3.8) is 0 Å². The number of nitrogens with one attached hydrogen (secondary N) is 1. The van der Waals surface area contributed by atoms with Crippen LogP contribution < -0.4 is 0 Å². The highest BCUT2D eigenvalue weighted by molar-refractivity contribution is 7.98. The van der Waals surface area contributed by atoms with Crippen molar-refractivity contribution in [2.45, 2.75) is 10.9 Å². The smallest absolute Gasteiger partial charge is 0.237 e. The predicted molar refractivity (Wildman–Crippen MR) is 101 cm³/mol. The number of aromatic nitrogens is 5. The zero-order valence-electron chi connectivity index (χ0n) is 13.2. The number of halogens is 2. The van der Waals surface area contributed by atoms with Gasteiger partial charge in [0.1, 0.15) is 0 Å². The average molecular weight is 404 g/mol. The highest BCUT2D eigenvalue weighted by atomic mass is 35.5. The van der Waals surface area contributed by atoms with Crippen LogP contribution in [0.4, 0.5) is 0 Å². The van der Waals surface area contributed by atoms with Gasteiger partial charge in [-0.25, -0.2) is 4.98 Å². The molecule has 0 aliphatic rings. The molecule has 0 atom stereocenters. The molecular formula is C17H11Cl2N5OS. The van der Waals surface area contributed by atoms with Crippen LogP contribution in [0.25, 0.3) is 22.8 Å². The van der Waals surface area contributed by atoms with Crippen LogP contribution in [-0.2, 0) is 5.75 Å². The Hall–Kier alpha value is -2.35. The molecule has 0 saturated heterocycles. The van der Waals surface area contributed by atoms with Crippen molar-refractivity contribution in [3.8, 4) is 22.8 Å². The third-order valence-corrected chi connectivity index (χ3v) is 4.78. The summed E-state index contributed by atoms with van der Waals surface area (Å²) < 4.78 is 5.28. The van der Waals surface area contributed by atoms with Gasteiger partial charge in [0.2, 0.25) is 16.9 Å². The van der Waals surface area contributed by atoms with Crippen molar-refractivity contribution in [2.75, 3.05) is 0 Å². The van der Waals surface area contributed by atoms with Gasteiger partial charge in [-0.15, -0.1) is 5.10 Å². The first-order valence-electron chi connectivity index (χ1n) is 7.57. The number of nitrogens with zero attached hydrogens (tertiary/aromatic N) is 4. The van der Waals surface area contributed by atoms with Crippen LogP contribution in [0.15, 0.2) is 58.2 Å². The van der Waals surface area contributed by atoms with Crippen molar-refractivity contribution >= 4 is 35.0 Å². The summed E-state index contributed by atoms with van der Waals surface area (Å²) in [5, 5.41) is 13.0. The largest absolute Gasteiger partial charge is 0.338 e. The number of rotatable bonds is 5. The predicted octanol–water partition coefficient (Wildman–Crippen LogP) is 5.12. The molecule has 1 N–H and O–H groups in total. The van der Waals surface area contributed by atoms with Crippen molar-refractivity contribution in [2.24, 2.45) is 0 Å². The van der Waals surface area contributed by atoms with E-state index in [0.717, 1.165) is 11.1 Å². The lowest BCUT2D eigenvalue weighted by atomic mass is 10.2. The summed E-state index contributed by atoms with van der Waals surface area (Å²) in [4.78, 5) is 8.82. The molecule has 0 bridgehead atoms. The Morgan fingerprint density at radius 2 is 1.81 bits per heavy atom. The first kappa shape index (κ1) is 17.1. The van der Waals surface area contributed by atoms with E-state index in [1.807, 2.05) is 36.4 Å². The Morgan fingerprint density at radius 1 is 0.962 bits per heavy atom. The fourth-order valence-corrected chi connectivity index (χ4v) is 3.18. The molecule has 0 unspecified atom stereocenters. The summed E-state index contributed by atoms with van der Waals surface area (Å²) in [6, 6.07) is 14.7. The average Bonchev–Trinajstić information content (AvgIpc) is 3.30. The molecule has 2 aromatic heterocycles. The van der Waals surface area contributed by atoms with Crippen LogP contribution >= 0.6 is 35.0 Å². The maximum atomic E-state index is 5.99. The minimum absolute atomic E-state index is 0.464. The summed E-state index contributed by atoms with van der Waals surface area (Å²) in [6.45, 7) is 0. The number of hydrogen-bond donors (Lipinski definition) is 1. The van der Waals surface area contributed by atoms with E-state index in [9.17, 15) is 0 Å². The van der Waals surface area contributed by atoms with Crippen LogP contribution in [0.5, 0.6) is 0 Å². The standard InChI is InChI=1S/C17H11Cl2N5OS/c18-12-6-4-10(5-7-12)15-21-17(23-22-15)26-9-14-20-16(24-25-14)11-2-1-3-13(19)8-11/h1-8H,9H2,(H,21,22,23). The lowest BCUT2D eigenvalue weighted by Gasteiger charge is -1.95. The van der Waals surface area contributed by atoms with Crippen molar-refractivity contribution < 1.29 is 4.52 Å². The van der Waals surface area contributed by atoms with Crippen molar-refractivity contribution in [1.82, 2.24) is 25.3 Å². The molecule has 0 fully saturated rings. The topological polar surface area (TPSA) is 80.5 Å². The number of thioether (sulfide) groups is 1. The maximum Gasteiger partial charge on any atom is 0.237 e. The lowest BCUT2D eigenvalue weighted by molar-refractivity contribution is 0.391. The van der Waals surface area contributed by atoms with Crippen molar-refractivity contribution in [3.05, 3.63) is 64.5 Å². The second-order valence-electron chi connectivity index (χ2n) is 5.28. The van der Waals surface area contributed by atoms with Gasteiger partial charge in [0.25, 0.3) is 0 Å². The first-order chi connectivity index (χ1) is 12.7. The van der Waals surface area contributed by atoms with E-state index < -0.39 is 0 Å². The van der Waals surface area contributed by atoms with Crippen LogP contribution in [-0.4, -0.2) is 25.3 Å². The quantitative estimate of drug-likeness (QED) is 0.465. The summed E-state index contributed by atoms with van der Waals surface area (Å²) in [5.41, 5.74) is 1.72. The Bertz CT molecular complexity index is 1030. The number of aromatic amines is 1. The molecule has 0 aliphatic carbocycles. The van der Waals surface area contributed by atoms with E-state index in [2.05, 4.69) is 25.3 Å². The van der Waals surface area contributed by atoms with Crippen LogP contribution in [0.3, 0.4) is 0 Å². The molecule has 0 amide bonds. The minimum atomic E-state index is 0.464. The van der Waals surface area contributed by atoms with Crippen molar-refractivity contribution in [1.29, 1.82) is 0 Å². The summed E-state index contributed by atoms with van der Waals surface area (Å²) in [7, 11) is 0. The molecule has 26 heavy (non-hydrogen) atoms. The van der Waals surface area contributed by atoms with E-state index in [1.165, 1.54) is 11.8 Å². The number of benzene rings is 2. The molecule has 4 rings (SSSR count). The molecule has 6 nitrogen and oxygen atoms in total. The third kappa shape index (κ3) is 3.90. The fraction of sp³-hybridized carbons (Fsp3) is 0.0588. The van der Waals surface area contributed by atoms with Gasteiger partial charge in [-0.3, -0.25) is 5.10 Å². The van der Waals surface area contributed by atoms with E-state index >= 15 is 0 Å². The highest BCUT2D eigenvalue weighted by Crippen LogP contribution is 2.25. The zero-order chi connectivity index (χ0) is 17.9. The van der Waals surface area contributed by atoms with Gasteiger partial charge in [0.05, 0.1) is 5.75 Å². The molecule has 0 spiro atoms. The second kappa shape index (κ2) is 7.49. The Balaban J connectivity index is 1.43. The first-order valence-corrected chi connectivity index (χ1v) is 9.31. The lowest BCUT2D eigenvalue weighted by Crippen LogP contribution is -1.84. The Morgan fingerprint density at radius 3 is 2.62 bits per heavy atom. The Labute approximate surface area is 162 Å². The van der Waals surface area contributed by atoms with Gasteiger partial charge in [-0.1, -0.05) is 52.3 Å². The van der Waals surface area contributed by atoms with Crippen LogP contribution in [0, 0.1) is 0 Å². The Kier molecular flexibility index (Phi) is 4.92. The summed E-state index contributed by atoms with van der Waals surface area (Å²) in [6.07, 6.45) is 0. The molecule has 0 aliphatic heterocycles. The minimum Gasteiger partial charge on any atom is -0.338 e. The van der Waals surface area contributed by atoms with Crippen LogP contribution in [0.2, 0.25) is 10.0 Å². The highest BCUT2D eigenvalue weighted by Gasteiger charge is 2.12. The van der Waals surface area contributed by atoms with Gasteiger partial charge >= 0.3 is 0 Å². The third-order valence-electron chi connectivity index (χ3n) is 3.46. The maximum absolute atomic E-state index is 5.99.